The fourth-order valence-electron chi connectivity index (χ4n) is 3.57. The van der Waals surface area contributed by atoms with Crippen LogP contribution < -0.4 is 5.32 Å². The first kappa shape index (κ1) is 18.1. The van der Waals surface area contributed by atoms with Crippen LogP contribution in [0.25, 0.3) is 0 Å². The molecule has 2 aromatic heterocycles. The molecule has 0 spiro atoms. The predicted molar refractivity (Wildman–Crippen MR) is 103 cm³/mol. The van der Waals surface area contributed by atoms with Gasteiger partial charge in [0.2, 0.25) is 5.91 Å². The van der Waals surface area contributed by atoms with E-state index < -0.39 is 16.1 Å². The Hall–Kier alpha value is -1.29. The number of sulfonamides is 1. The molecule has 3 heterocycles. The molecule has 1 N–H and O–H groups in total. The van der Waals surface area contributed by atoms with E-state index in [0.717, 1.165) is 44.2 Å². The van der Waals surface area contributed by atoms with Gasteiger partial charge in [0.05, 0.1) is 5.69 Å². The van der Waals surface area contributed by atoms with Gasteiger partial charge in [0.15, 0.2) is 5.13 Å². The molecule has 140 valence electrons. The smallest absolute Gasteiger partial charge is 0.253 e. The van der Waals surface area contributed by atoms with Gasteiger partial charge in [0.1, 0.15) is 10.3 Å². The number of carbonyl (C=O) groups is 1. The lowest BCUT2D eigenvalue weighted by molar-refractivity contribution is -0.120. The summed E-state index contributed by atoms with van der Waals surface area (Å²) >= 11 is 2.71. The topological polar surface area (TPSA) is 79.4 Å². The Labute approximate surface area is 161 Å². The van der Waals surface area contributed by atoms with Crippen molar-refractivity contribution in [3.8, 4) is 0 Å². The molecule has 1 amide bonds. The number of thiazole rings is 1. The number of nitrogens with zero attached hydrogens (tertiary/aromatic N) is 2. The van der Waals surface area contributed by atoms with E-state index in [1.807, 2.05) is 0 Å². The molecule has 1 atom stereocenters. The zero-order valence-electron chi connectivity index (χ0n) is 14.3. The summed E-state index contributed by atoms with van der Waals surface area (Å²) in [5.74, 6) is -0.268. The van der Waals surface area contributed by atoms with Gasteiger partial charge in [-0.1, -0.05) is 12.5 Å². The molecule has 0 aromatic carbocycles. The van der Waals surface area contributed by atoms with Crippen LogP contribution in [0.4, 0.5) is 5.13 Å². The molecule has 1 saturated heterocycles. The highest BCUT2D eigenvalue weighted by Gasteiger charge is 2.38. The summed E-state index contributed by atoms with van der Waals surface area (Å²) in [6.07, 6.45) is 6.46. The van der Waals surface area contributed by atoms with Crippen molar-refractivity contribution in [2.24, 2.45) is 0 Å². The van der Waals surface area contributed by atoms with Gasteiger partial charge in [-0.05, 0) is 50.0 Å². The first-order chi connectivity index (χ1) is 12.6. The van der Waals surface area contributed by atoms with Crippen molar-refractivity contribution in [2.45, 2.75) is 55.2 Å². The number of fused-ring (bicyclic) bond motifs is 1. The summed E-state index contributed by atoms with van der Waals surface area (Å²) in [7, 11) is -3.63. The average molecular weight is 412 g/mol. The summed E-state index contributed by atoms with van der Waals surface area (Å²) in [5, 5.41) is 5.22. The molecule has 0 saturated carbocycles. The number of nitrogens with one attached hydrogen (secondary N) is 1. The summed E-state index contributed by atoms with van der Waals surface area (Å²) in [5.41, 5.74) is 1.09. The number of thiophene rings is 1. The Kier molecular flexibility index (Phi) is 5.13. The summed E-state index contributed by atoms with van der Waals surface area (Å²) in [6, 6.07) is 2.64. The van der Waals surface area contributed by atoms with Gasteiger partial charge >= 0.3 is 0 Å². The van der Waals surface area contributed by atoms with Crippen LogP contribution in [0.2, 0.25) is 0 Å². The van der Waals surface area contributed by atoms with E-state index in [1.165, 1.54) is 31.9 Å². The van der Waals surface area contributed by atoms with Crippen LogP contribution in [-0.4, -0.2) is 36.2 Å². The Morgan fingerprint density at radius 3 is 2.85 bits per heavy atom. The summed E-state index contributed by atoms with van der Waals surface area (Å²) in [6.45, 7) is 0.382. The lowest BCUT2D eigenvalue weighted by Gasteiger charge is -2.32. The van der Waals surface area contributed by atoms with Crippen molar-refractivity contribution in [1.82, 2.24) is 9.29 Å². The summed E-state index contributed by atoms with van der Waals surface area (Å²) < 4.78 is 27.5. The van der Waals surface area contributed by atoms with Crippen molar-refractivity contribution >= 4 is 43.7 Å². The predicted octanol–water partition coefficient (Wildman–Crippen LogP) is 3.27. The molecule has 9 heteroatoms. The molecule has 1 aliphatic heterocycles. The number of aryl methyl sites for hydroxylation is 2. The van der Waals surface area contributed by atoms with Gasteiger partial charge in [-0.25, -0.2) is 13.4 Å². The largest absolute Gasteiger partial charge is 0.301 e. The zero-order valence-corrected chi connectivity index (χ0v) is 16.8. The SMILES string of the molecule is O=C(Nc1nc2c(s1)CCCC2)[C@H]1CCCCN1S(=O)(=O)c1cccs1. The molecular weight excluding hydrogens is 390 g/mol. The lowest BCUT2D eigenvalue weighted by atomic mass is 10.0. The molecule has 4 rings (SSSR count). The third-order valence-electron chi connectivity index (χ3n) is 4.89. The Morgan fingerprint density at radius 2 is 2.08 bits per heavy atom. The molecule has 6 nitrogen and oxygen atoms in total. The highest BCUT2D eigenvalue weighted by atomic mass is 32.2. The number of hydrogen-bond acceptors (Lipinski definition) is 6. The number of piperidine rings is 1. The zero-order chi connectivity index (χ0) is 18.1. The van der Waals surface area contributed by atoms with Crippen molar-refractivity contribution in [3.63, 3.8) is 0 Å². The van der Waals surface area contributed by atoms with E-state index >= 15 is 0 Å². The number of carbonyl (C=O) groups excluding carboxylic acids is 1. The van der Waals surface area contributed by atoms with Crippen LogP contribution in [-0.2, 0) is 27.7 Å². The van der Waals surface area contributed by atoms with Gasteiger partial charge < -0.3 is 5.32 Å². The average Bonchev–Trinajstić information content (AvgIpc) is 3.31. The van der Waals surface area contributed by atoms with Crippen molar-refractivity contribution in [1.29, 1.82) is 0 Å². The number of aromatic nitrogens is 1. The minimum absolute atomic E-state index is 0.268. The second kappa shape index (κ2) is 7.38. The minimum atomic E-state index is -3.63. The first-order valence-corrected chi connectivity index (χ1v) is 12.0. The molecule has 26 heavy (non-hydrogen) atoms. The molecular formula is C17H21N3O3S3. The molecule has 1 fully saturated rings. The monoisotopic (exact) mass is 411 g/mol. The van der Waals surface area contributed by atoms with Gasteiger partial charge in [-0.2, -0.15) is 4.31 Å². The number of hydrogen-bond donors (Lipinski definition) is 1. The number of anilines is 1. The van der Waals surface area contributed by atoms with E-state index in [1.54, 1.807) is 17.5 Å². The minimum Gasteiger partial charge on any atom is -0.301 e. The molecule has 2 aliphatic rings. The quantitative estimate of drug-likeness (QED) is 0.837. The van der Waals surface area contributed by atoms with Gasteiger partial charge in [-0.15, -0.1) is 22.7 Å². The van der Waals surface area contributed by atoms with Gasteiger partial charge in [0.25, 0.3) is 10.0 Å². The molecule has 2 aromatic rings. The highest BCUT2D eigenvalue weighted by Crippen LogP contribution is 2.31. The van der Waals surface area contributed by atoms with E-state index in [4.69, 9.17) is 0 Å². The highest BCUT2D eigenvalue weighted by molar-refractivity contribution is 7.91. The van der Waals surface area contributed by atoms with Crippen molar-refractivity contribution < 1.29 is 13.2 Å². The third kappa shape index (κ3) is 3.45. The second-order valence-corrected chi connectivity index (χ2v) is 10.8. The lowest BCUT2D eigenvalue weighted by Crippen LogP contribution is -2.49. The molecule has 0 radical (unpaired) electrons. The van der Waals surface area contributed by atoms with E-state index in [-0.39, 0.29) is 5.91 Å². The van der Waals surface area contributed by atoms with E-state index in [0.29, 0.717) is 22.3 Å². The normalized spacial score (nSPS) is 21.3. The van der Waals surface area contributed by atoms with E-state index in [2.05, 4.69) is 10.3 Å². The van der Waals surface area contributed by atoms with Crippen LogP contribution in [0, 0.1) is 0 Å². The fourth-order valence-corrected chi connectivity index (χ4v) is 7.40. The van der Waals surface area contributed by atoms with Crippen LogP contribution in [0.5, 0.6) is 0 Å². The van der Waals surface area contributed by atoms with Crippen LogP contribution in [0.1, 0.15) is 42.7 Å². The molecule has 0 unspecified atom stereocenters. The van der Waals surface area contributed by atoms with E-state index in [9.17, 15) is 13.2 Å². The summed E-state index contributed by atoms with van der Waals surface area (Å²) in [4.78, 5) is 18.7. The van der Waals surface area contributed by atoms with Crippen LogP contribution in [0.3, 0.4) is 0 Å². The first-order valence-electron chi connectivity index (χ1n) is 8.90. The maximum absolute atomic E-state index is 12.9. The van der Waals surface area contributed by atoms with Crippen LogP contribution in [0.15, 0.2) is 21.7 Å². The van der Waals surface area contributed by atoms with Gasteiger partial charge in [-0.3, -0.25) is 4.79 Å². The Balaban J connectivity index is 1.54. The Morgan fingerprint density at radius 1 is 1.23 bits per heavy atom. The number of rotatable bonds is 4. The second-order valence-electron chi connectivity index (χ2n) is 6.64. The standard InChI is InChI=1S/C17H21N3O3S3/c21-16(19-17-18-12-6-1-2-8-14(12)25-17)13-7-3-4-10-20(13)26(22,23)15-9-5-11-24-15/h5,9,11,13H,1-4,6-8,10H2,(H,18,19,21)/t13-/m1/s1. The fraction of sp³-hybridized carbons (Fsp3) is 0.529. The third-order valence-corrected chi connectivity index (χ3v) is 9.24. The van der Waals surface area contributed by atoms with Crippen LogP contribution >= 0.6 is 22.7 Å². The maximum atomic E-state index is 12.9. The van der Waals surface area contributed by atoms with Gasteiger partial charge in [0, 0.05) is 11.4 Å². The number of amides is 1. The van der Waals surface area contributed by atoms with Crippen molar-refractivity contribution in [2.75, 3.05) is 11.9 Å². The maximum Gasteiger partial charge on any atom is 0.253 e. The Bertz CT molecular complexity index is 866. The molecule has 0 bridgehead atoms. The van der Waals surface area contributed by atoms with Crippen molar-refractivity contribution in [3.05, 3.63) is 28.1 Å². The molecule has 1 aliphatic carbocycles.